The molecule has 3 aliphatic heterocycles. The molecular formula is C9H14N6O2. The Hall–Kier alpha value is -1.67. The van der Waals surface area contributed by atoms with Crippen LogP contribution in [0.2, 0.25) is 0 Å². The van der Waals surface area contributed by atoms with E-state index in [9.17, 15) is 9.59 Å². The third-order valence-corrected chi connectivity index (χ3v) is 3.34. The maximum Gasteiger partial charge on any atom is 0.325 e. The van der Waals surface area contributed by atoms with E-state index in [2.05, 4.69) is 21.2 Å². The van der Waals surface area contributed by atoms with Gasteiger partial charge in [-0.3, -0.25) is 20.9 Å². The van der Waals surface area contributed by atoms with E-state index >= 15 is 0 Å². The average molecular weight is 238 g/mol. The molecule has 3 atom stereocenters. The van der Waals surface area contributed by atoms with E-state index in [1.807, 2.05) is 11.8 Å². The zero-order chi connectivity index (χ0) is 12.2. The fourth-order valence-electron chi connectivity index (χ4n) is 2.47. The molecule has 3 amide bonds. The molecule has 0 aromatic carbocycles. The minimum absolute atomic E-state index is 0.201. The second-order valence-corrected chi connectivity index (χ2v) is 4.51. The lowest BCUT2D eigenvalue weighted by Gasteiger charge is -2.36. The fourth-order valence-corrected chi connectivity index (χ4v) is 2.47. The molecule has 8 heteroatoms. The van der Waals surface area contributed by atoms with Crippen LogP contribution in [0.25, 0.3) is 0 Å². The number of amides is 3. The van der Waals surface area contributed by atoms with Gasteiger partial charge in [0, 0.05) is 19.3 Å². The number of hydrogen-bond acceptors (Lipinski definition) is 6. The van der Waals surface area contributed by atoms with Crippen LogP contribution < -0.4 is 16.1 Å². The first-order valence-electron chi connectivity index (χ1n) is 5.46. The van der Waals surface area contributed by atoms with Crippen molar-refractivity contribution in [3.8, 4) is 0 Å². The maximum atomic E-state index is 11.9. The summed E-state index contributed by atoms with van der Waals surface area (Å²) in [4.78, 5) is 26.9. The molecule has 0 aromatic rings. The van der Waals surface area contributed by atoms with Crippen molar-refractivity contribution in [2.75, 3.05) is 13.6 Å². The Morgan fingerprint density at radius 2 is 2.18 bits per heavy atom. The van der Waals surface area contributed by atoms with Gasteiger partial charge in [0.15, 0.2) is 6.29 Å². The molecule has 0 saturated carbocycles. The van der Waals surface area contributed by atoms with Gasteiger partial charge in [0.2, 0.25) is 5.91 Å². The maximum absolute atomic E-state index is 11.9. The molecule has 8 nitrogen and oxygen atoms in total. The quantitative estimate of drug-likeness (QED) is 0.455. The molecule has 0 aliphatic carbocycles. The van der Waals surface area contributed by atoms with Crippen LogP contribution in [0, 0.1) is 0 Å². The number of rotatable bonds is 0. The van der Waals surface area contributed by atoms with Crippen LogP contribution >= 0.6 is 0 Å². The van der Waals surface area contributed by atoms with E-state index in [4.69, 9.17) is 0 Å². The van der Waals surface area contributed by atoms with Crippen LogP contribution in [0.4, 0.5) is 4.79 Å². The second kappa shape index (κ2) is 3.41. The number of nitrogens with one attached hydrogen (secondary N) is 3. The number of hydrazone groups is 1. The van der Waals surface area contributed by atoms with Gasteiger partial charge in [-0.2, -0.15) is 5.10 Å². The Morgan fingerprint density at radius 3 is 2.94 bits per heavy atom. The number of urea groups is 1. The number of likely N-dealkylation sites (N-methyl/N-ethyl adjacent to an activating group) is 1. The summed E-state index contributed by atoms with van der Waals surface area (Å²) >= 11 is 0. The highest BCUT2D eigenvalue weighted by Crippen LogP contribution is 2.22. The van der Waals surface area contributed by atoms with Crippen molar-refractivity contribution in [2.24, 2.45) is 5.10 Å². The summed E-state index contributed by atoms with van der Waals surface area (Å²) in [5.41, 5.74) is 3.84. The van der Waals surface area contributed by atoms with E-state index in [1.165, 1.54) is 4.90 Å². The Labute approximate surface area is 98.0 Å². The highest BCUT2D eigenvalue weighted by Gasteiger charge is 2.52. The molecule has 0 aromatic heterocycles. The second-order valence-electron chi connectivity index (χ2n) is 4.51. The van der Waals surface area contributed by atoms with Gasteiger partial charge in [0.1, 0.15) is 12.2 Å². The molecule has 2 fully saturated rings. The third-order valence-electron chi connectivity index (χ3n) is 3.34. The van der Waals surface area contributed by atoms with Crippen LogP contribution in [0.15, 0.2) is 5.10 Å². The van der Waals surface area contributed by atoms with E-state index in [1.54, 1.807) is 7.05 Å². The lowest BCUT2D eigenvalue weighted by molar-refractivity contribution is -0.127. The normalized spacial score (nSPS) is 36.9. The molecule has 3 aliphatic rings. The summed E-state index contributed by atoms with van der Waals surface area (Å²) in [6.07, 6.45) is -0.511. The SMILES string of the molecule is CC1=NNC2NC3C(C(=O)NC(=O)N3C)N2C1. The molecule has 3 rings (SSSR count). The molecule has 92 valence electrons. The van der Waals surface area contributed by atoms with Crippen molar-refractivity contribution in [3.63, 3.8) is 0 Å². The van der Waals surface area contributed by atoms with E-state index in [0.717, 1.165) is 5.71 Å². The number of nitrogens with zero attached hydrogens (tertiary/aromatic N) is 3. The zero-order valence-electron chi connectivity index (χ0n) is 9.60. The van der Waals surface area contributed by atoms with Crippen LogP contribution in [0.3, 0.4) is 0 Å². The van der Waals surface area contributed by atoms with Gasteiger partial charge in [-0.15, -0.1) is 0 Å². The van der Waals surface area contributed by atoms with Gasteiger partial charge in [0.25, 0.3) is 0 Å². The Kier molecular flexibility index (Phi) is 2.10. The van der Waals surface area contributed by atoms with Crippen LogP contribution in [-0.2, 0) is 4.79 Å². The first-order chi connectivity index (χ1) is 8.08. The number of hydrogen-bond donors (Lipinski definition) is 3. The molecule has 0 bridgehead atoms. The Balaban J connectivity index is 1.91. The molecule has 3 unspecified atom stereocenters. The molecule has 0 spiro atoms. The van der Waals surface area contributed by atoms with Crippen molar-refractivity contribution in [1.29, 1.82) is 0 Å². The minimum atomic E-state index is -0.374. The van der Waals surface area contributed by atoms with Crippen molar-refractivity contribution in [1.82, 2.24) is 25.9 Å². The number of carbonyl (C=O) groups excluding carboxylic acids is 2. The van der Waals surface area contributed by atoms with Gasteiger partial charge in [0.05, 0.1) is 0 Å². The number of carbonyl (C=O) groups is 2. The zero-order valence-corrected chi connectivity index (χ0v) is 9.60. The van der Waals surface area contributed by atoms with Crippen LogP contribution in [0.5, 0.6) is 0 Å². The fraction of sp³-hybridized carbons (Fsp3) is 0.667. The molecule has 0 radical (unpaired) electrons. The van der Waals surface area contributed by atoms with Crippen molar-refractivity contribution < 1.29 is 9.59 Å². The van der Waals surface area contributed by atoms with E-state index in [-0.39, 0.29) is 30.4 Å². The molecule has 2 saturated heterocycles. The standard InChI is InChI=1S/C9H14N6O2/c1-4-3-15-5-6(10-8(15)13-12-4)14(2)9(17)11-7(5)16/h5-6,8,10,13H,3H2,1-2H3,(H,11,16,17). The lowest BCUT2D eigenvalue weighted by Crippen LogP contribution is -2.65. The van der Waals surface area contributed by atoms with Crippen molar-refractivity contribution >= 4 is 17.6 Å². The number of fused-ring (bicyclic) bond motifs is 3. The summed E-state index contributed by atoms with van der Waals surface area (Å²) in [5, 5.41) is 9.65. The molecule has 17 heavy (non-hydrogen) atoms. The lowest BCUT2D eigenvalue weighted by atomic mass is 10.1. The summed E-state index contributed by atoms with van der Waals surface area (Å²) in [6.45, 7) is 2.51. The summed E-state index contributed by atoms with van der Waals surface area (Å²) in [5.74, 6) is -0.260. The van der Waals surface area contributed by atoms with E-state index in [0.29, 0.717) is 6.54 Å². The monoisotopic (exact) mass is 238 g/mol. The summed E-state index contributed by atoms with van der Waals surface area (Å²) < 4.78 is 0. The van der Waals surface area contributed by atoms with Crippen LogP contribution in [-0.4, -0.2) is 59.5 Å². The average Bonchev–Trinajstić information content (AvgIpc) is 2.65. The van der Waals surface area contributed by atoms with Gasteiger partial charge in [-0.05, 0) is 6.92 Å². The van der Waals surface area contributed by atoms with Gasteiger partial charge in [-0.1, -0.05) is 0 Å². The Bertz CT molecular complexity index is 422. The van der Waals surface area contributed by atoms with Gasteiger partial charge < -0.3 is 4.90 Å². The molecule has 3 N–H and O–H groups in total. The van der Waals surface area contributed by atoms with Crippen molar-refractivity contribution in [2.45, 2.75) is 25.4 Å². The predicted molar refractivity (Wildman–Crippen MR) is 58.8 cm³/mol. The van der Waals surface area contributed by atoms with Gasteiger partial charge in [-0.25, -0.2) is 9.69 Å². The Morgan fingerprint density at radius 1 is 1.41 bits per heavy atom. The van der Waals surface area contributed by atoms with Crippen molar-refractivity contribution in [3.05, 3.63) is 0 Å². The summed E-state index contributed by atoms with van der Waals surface area (Å²) in [7, 11) is 1.67. The third kappa shape index (κ3) is 1.41. The highest BCUT2D eigenvalue weighted by atomic mass is 16.2. The largest absolute Gasteiger partial charge is 0.325 e. The molecule has 3 heterocycles. The number of imide groups is 1. The van der Waals surface area contributed by atoms with Crippen LogP contribution in [0.1, 0.15) is 6.92 Å². The smallest absolute Gasteiger partial charge is 0.310 e. The first kappa shape index (κ1) is 10.5. The van der Waals surface area contributed by atoms with E-state index < -0.39 is 0 Å². The predicted octanol–water partition coefficient (Wildman–Crippen LogP) is -1.97. The first-order valence-corrected chi connectivity index (χ1v) is 5.46. The highest BCUT2D eigenvalue weighted by molar-refractivity contribution is 6.00. The van der Waals surface area contributed by atoms with Gasteiger partial charge >= 0.3 is 6.03 Å². The minimum Gasteiger partial charge on any atom is -0.310 e. The topological polar surface area (TPSA) is 89.1 Å². The summed E-state index contributed by atoms with van der Waals surface area (Å²) in [6, 6.07) is -0.748. The molecular weight excluding hydrogens is 224 g/mol.